The van der Waals surface area contributed by atoms with Gasteiger partial charge >= 0.3 is 0 Å². The molecule has 4 heteroatoms. The fraction of sp³-hybridized carbons (Fsp3) is 0.529. The third-order valence-corrected chi connectivity index (χ3v) is 3.99. The van der Waals surface area contributed by atoms with Crippen molar-refractivity contribution < 1.29 is 4.79 Å². The summed E-state index contributed by atoms with van der Waals surface area (Å²) in [5.41, 5.74) is 0.697. The van der Waals surface area contributed by atoms with Crippen molar-refractivity contribution in [2.75, 3.05) is 13.1 Å². The quantitative estimate of drug-likeness (QED) is 0.840. The molecule has 0 bridgehead atoms. The Morgan fingerprint density at radius 1 is 1.38 bits per heavy atom. The van der Waals surface area contributed by atoms with Crippen LogP contribution in [0.1, 0.15) is 32.3 Å². The molecular formula is C17H23N3O. The molecule has 0 unspecified atom stereocenters. The maximum Gasteiger partial charge on any atom is 0.233 e. The molecule has 0 atom stereocenters. The number of amides is 1. The summed E-state index contributed by atoms with van der Waals surface area (Å²) in [6.07, 6.45) is 1.54. The number of benzene rings is 1. The molecule has 0 saturated heterocycles. The highest BCUT2D eigenvalue weighted by molar-refractivity contribution is 5.78. The molecule has 1 amide bonds. The highest BCUT2D eigenvalue weighted by atomic mass is 16.1. The Kier molecular flexibility index (Phi) is 4.98. The summed E-state index contributed by atoms with van der Waals surface area (Å²) < 4.78 is 0. The number of hydrogen-bond donors (Lipinski definition) is 2. The molecular weight excluding hydrogens is 262 g/mol. The van der Waals surface area contributed by atoms with Crippen molar-refractivity contribution >= 4 is 5.91 Å². The van der Waals surface area contributed by atoms with Gasteiger partial charge in [-0.1, -0.05) is 44.2 Å². The Labute approximate surface area is 126 Å². The molecule has 0 aliphatic heterocycles. The minimum absolute atomic E-state index is 0.0258. The summed E-state index contributed by atoms with van der Waals surface area (Å²) in [4.78, 5) is 11.7. The second kappa shape index (κ2) is 6.73. The average Bonchev–Trinajstić information content (AvgIpc) is 2.45. The molecule has 2 rings (SSSR count). The van der Waals surface area contributed by atoms with Gasteiger partial charge in [-0.3, -0.25) is 4.79 Å². The highest BCUT2D eigenvalue weighted by Crippen LogP contribution is 2.43. The van der Waals surface area contributed by atoms with Gasteiger partial charge in [-0.15, -0.1) is 0 Å². The second-order valence-corrected chi connectivity index (χ2v) is 6.24. The number of carbonyl (C=O) groups is 1. The van der Waals surface area contributed by atoms with E-state index in [9.17, 15) is 10.1 Å². The van der Waals surface area contributed by atoms with Crippen molar-refractivity contribution in [3.8, 4) is 6.07 Å². The first kappa shape index (κ1) is 15.5. The fourth-order valence-electron chi connectivity index (χ4n) is 2.69. The highest BCUT2D eigenvalue weighted by Gasteiger charge is 2.45. The van der Waals surface area contributed by atoms with Crippen LogP contribution in [-0.2, 0) is 10.2 Å². The Bertz CT molecular complexity index is 513. The van der Waals surface area contributed by atoms with E-state index in [0.29, 0.717) is 19.0 Å². The third-order valence-electron chi connectivity index (χ3n) is 3.99. The van der Waals surface area contributed by atoms with E-state index < -0.39 is 0 Å². The van der Waals surface area contributed by atoms with E-state index in [1.807, 2.05) is 30.3 Å². The average molecular weight is 285 g/mol. The van der Waals surface area contributed by atoms with Crippen LogP contribution in [0.5, 0.6) is 0 Å². The predicted octanol–water partition coefficient (Wildman–Crippen LogP) is 1.97. The van der Waals surface area contributed by atoms with Gasteiger partial charge in [0, 0.05) is 12.6 Å². The summed E-state index contributed by atoms with van der Waals surface area (Å²) in [7, 11) is 0. The molecule has 1 saturated carbocycles. The normalized spacial score (nSPS) is 24.2. The van der Waals surface area contributed by atoms with Gasteiger partial charge in [0.1, 0.15) is 0 Å². The van der Waals surface area contributed by atoms with Crippen LogP contribution < -0.4 is 10.6 Å². The van der Waals surface area contributed by atoms with Crippen LogP contribution in [0.2, 0.25) is 0 Å². The molecule has 1 fully saturated rings. The van der Waals surface area contributed by atoms with Gasteiger partial charge in [0.25, 0.3) is 0 Å². The van der Waals surface area contributed by atoms with Gasteiger partial charge in [-0.2, -0.15) is 5.26 Å². The van der Waals surface area contributed by atoms with Crippen LogP contribution in [0.15, 0.2) is 30.3 Å². The molecule has 1 aromatic carbocycles. The molecule has 0 aromatic heterocycles. The van der Waals surface area contributed by atoms with Crippen LogP contribution in [0.4, 0.5) is 0 Å². The van der Waals surface area contributed by atoms with Gasteiger partial charge in [0.2, 0.25) is 5.91 Å². The van der Waals surface area contributed by atoms with Crippen LogP contribution in [-0.4, -0.2) is 25.0 Å². The van der Waals surface area contributed by atoms with Crippen LogP contribution in [0.25, 0.3) is 0 Å². The topological polar surface area (TPSA) is 64.9 Å². The first-order valence-corrected chi connectivity index (χ1v) is 7.52. The molecule has 21 heavy (non-hydrogen) atoms. The van der Waals surface area contributed by atoms with E-state index in [4.69, 9.17) is 0 Å². The Morgan fingerprint density at radius 2 is 2.05 bits per heavy atom. The predicted molar refractivity (Wildman–Crippen MR) is 82.6 cm³/mol. The lowest BCUT2D eigenvalue weighted by Crippen LogP contribution is -2.53. The molecule has 1 aromatic rings. The van der Waals surface area contributed by atoms with Gasteiger partial charge in [0.05, 0.1) is 18.0 Å². The van der Waals surface area contributed by atoms with Crippen molar-refractivity contribution in [3.05, 3.63) is 35.9 Å². The molecule has 4 nitrogen and oxygen atoms in total. The standard InChI is InChI=1S/C17H23N3O/c1-13(2)10-20-16(21)11-19-15-8-17(9-15,12-18)14-6-4-3-5-7-14/h3-7,13,15,19H,8-11H2,1-2H3,(H,20,21). The lowest BCUT2D eigenvalue weighted by Gasteiger charge is -2.43. The first-order valence-electron chi connectivity index (χ1n) is 7.52. The maximum absolute atomic E-state index is 11.7. The van der Waals surface area contributed by atoms with Crippen LogP contribution in [0, 0.1) is 17.2 Å². The number of nitriles is 1. The minimum atomic E-state index is -0.382. The molecule has 2 N–H and O–H groups in total. The minimum Gasteiger partial charge on any atom is -0.355 e. The van der Waals surface area contributed by atoms with Crippen molar-refractivity contribution in [1.29, 1.82) is 5.26 Å². The second-order valence-electron chi connectivity index (χ2n) is 6.24. The van der Waals surface area contributed by atoms with Crippen molar-refractivity contribution in [3.63, 3.8) is 0 Å². The fourth-order valence-corrected chi connectivity index (χ4v) is 2.69. The van der Waals surface area contributed by atoms with E-state index >= 15 is 0 Å². The third kappa shape index (κ3) is 3.83. The number of rotatable bonds is 6. The number of nitrogens with one attached hydrogen (secondary N) is 2. The van der Waals surface area contributed by atoms with Crippen molar-refractivity contribution in [2.24, 2.45) is 5.92 Å². The van der Waals surface area contributed by atoms with E-state index in [1.54, 1.807) is 0 Å². The molecule has 112 valence electrons. The van der Waals surface area contributed by atoms with Crippen LogP contribution in [0.3, 0.4) is 0 Å². The number of hydrogen-bond acceptors (Lipinski definition) is 3. The monoisotopic (exact) mass is 285 g/mol. The van der Waals surface area contributed by atoms with Gasteiger partial charge in [-0.25, -0.2) is 0 Å². The molecule has 1 aliphatic carbocycles. The lowest BCUT2D eigenvalue weighted by atomic mass is 9.62. The van der Waals surface area contributed by atoms with Gasteiger partial charge in [-0.05, 0) is 24.3 Å². The molecule has 0 spiro atoms. The van der Waals surface area contributed by atoms with Crippen LogP contribution >= 0.6 is 0 Å². The molecule has 0 radical (unpaired) electrons. The SMILES string of the molecule is CC(C)CNC(=O)CNC1CC(C#N)(c2ccccc2)C1. The number of carbonyl (C=O) groups excluding carboxylic acids is 1. The Morgan fingerprint density at radius 3 is 2.62 bits per heavy atom. The molecule has 0 heterocycles. The lowest BCUT2D eigenvalue weighted by molar-refractivity contribution is -0.120. The van der Waals surface area contributed by atoms with Crippen molar-refractivity contribution in [1.82, 2.24) is 10.6 Å². The summed E-state index contributed by atoms with van der Waals surface area (Å²) in [6.45, 7) is 5.17. The van der Waals surface area contributed by atoms with Crippen molar-refractivity contribution in [2.45, 2.75) is 38.1 Å². The molecule has 1 aliphatic rings. The first-order chi connectivity index (χ1) is 10.1. The van der Waals surface area contributed by atoms with Gasteiger partial charge in [0.15, 0.2) is 0 Å². The van der Waals surface area contributed by atoms with E-state index in [1.165, 1.54) is 0 Å². The summed E-state index contributed by atoms with van der Waals surface area (Å²) >= 11 is 0. The zero-order chi connectivity index (χ0) is 15.3. The Balaban J connectivity index is 1.78. The smallest absolute Gasteiger partial charge is 0.233 e. The number of nitrogens with zero attached hydrogens (tertiary/aromatic N) is 1. The zero-order valence-corrected chi connectivity index (χ0v) is 12.7. The van der Waals surface area contributed by atoms with E-state index in [0.717, 1.165) is 18.4 Å². The largest absolute Gasteiger partial charge is 0.355 e. The summed E-state index contributed by atoms with van der Waals surface area (Å²) in [5, 5.41) is 15.6. The summed E-state index contributed by atoms with van der Waals surface area (Å²) in [6, 6.07) is 12.6. The van der Waals surface area contributed by atoms with E-state index in [-0.39, 0.29) is 17.4 Å². The Hall–Kier alpha value is -1.86. The summed E-state index contributed by atoms with van der Waals surface area (Å²) in [5.74, 6) is 0.486. The van der Waals surface area contributed by atoms with E-state index in [2.05, 4.69) is 30.6 Å². The maximum atomic E-state index is 11.7. The zero-order valence-electron chi connectivity index (χ0n) is 12.7. The van der Waals surface area contributed by atoms with Gasteiger partial charge < -0.3 is 10.6 Å².